The van der Waals surface area contributed by atoms with Crippen LogP contribution in [0.2, 0.25) is 0 Å². The maximum atomic E-state index is 13.3. The van der Waals surface area contributed by atoms with Gasteiger partial charge in [0.2, 0.25) is 11.8 Å². The summed E-state index contributed by atoms with van der Waals surface area (Å²) < 4.78 is 26.3. The van der Waals surface area contributed by atoms with Crippen molar-refractivity contribution in [3.8, 4) is 0 Å². The van der Waals surface area contributed by atoms with Gasteiger partial charge in [-0.2, -0.15) is 0 Å². The van der Waals surface area contributed by atoms with Crippen molar-refractivity contribution in [3.05, 3.63) is 59.7 Å². The van der Waals surface area contributed by atoms with E-state index < -0.39 is 28.9 Å². The first-order valence-corrected chi connectivity index (χ1v) is 8.29. The summed E-state index contributed by atoms with van der Waals surface area (Å²) in [6.45, 7) is 6.95. The molecule has 0 aromatic heterocycles. The number of rotatable bonds is 5. The Balaban J connectivity index is 2.16. The molecule has 2 aromatic carbocycles. The average molecular weight is 360 g/mol. The molecule has 2 amide bonds. The van der Waals surface area contributed by atoms with Crippen LogP contribution in [0.1, 0.15) is 39.2 Å². The molecule has 0 saturated heterocycles. The molecule has 0 radical (unpaired) electrons. The fourth-order valence-corrected chi connectivity index (χ4v) is 2.36. The molecule has 0 bridgehead atoms. The Morgan fingerprint density at radius 1 is 0.923 bits per heavy atom. The van der Waals surface area contributed by atoms with Crippen molar-refractivity contribution in [2.24, 2.45) is 5.41 Å². The average Bonchev–Trinajstić information content (AvgIpc) is 2.58. The van der Waals surface area contributed by atoms with Gasteiger partial charge >= 0.3 is 0 Å². The number of anilines is 2. The molecule has 6 heteroatoms. The summed E-state index contributed by atoms with van der Waals surface area (Å²) in [5, 5.41) is 5.23. The third-order valence-corrected chi connectivity index (χ3v) is 4.14. The summed E-state index contributed by atoms with van der Waals surface area (Å²) in [6.07, 6.45) is 0. The van der Waals surface area contributed by atoms with Gasteiger partial charge in [-0.1, -0.05) is 32.0 Å². The van der Waals surface area contributed by atoms with Crippen LogP contribution in [0.5, 0.6) is 0 Å². The normalized spacial score (nSPS) is 11.3. The number of carbonyl (C=O) groups is 2. The summed E-state index contributed by atoms with van der Waals surface area (Å²) in [5.74, 6) is -3.00. The van der Waals surface area contributed by atoms with E-state index in [1.54, 1.807) is 12.1 Å². The molecule has 0 aliphatic heterocycles. The van der Waals surface area contributed by atoms with Gasteiger partial charge in [-0.3, -0.25) is 9.59 Å². The smallest absolute Gasteiger partial charge is 0.239 e. The Hall–Kier alpha value is -2.76. The lowest BCUT2D eigenvalue weighted by Crippen LogP contribution is -2.41. The molecule has 0 atom stereocenters. The SMILES string of the molecule is CC(C)c1ccccc1NC(=O)C(C)(C)C(=O)Nc1ccc(F)c(F)c1. The number of benzene rings is 2. The molecule has 0 aliphatic rings. The van der Waals surface area contributed by atoms with E-state index in [9.17, 15) is 18.4 Å². The minimum atomic E-state index is -1.42. The molecule has 0 heterocycles. The number of para-hydroxylation sites is 1. The predicted molar refractivity (Wildman–Crippen MR) is 97.9 cm³/mol. The van der Waals surface area contributed by atoms with Crippen LogP contribution >= 0.6 is 0 Å². The zero-order valence-corrected chi connectivity index (χ0v) is 15.2. The van der Waals surface area contributed by atoms with Gasteiger partial charge in [-0.25, -0.2) is 8.78 Å². The van der Waals surface area contributed by atoms with Crippen molar-refractivity contribution >= 4 is 23.2 Å². The Kier molecular flexibility index (Phi) is 5.75. The molecular weight excluding hydrogens is 338 g/mol. The van der Waals surface area contributed by atoms with Gasteiger partial charge < -0.3 is 10.6 Å². The number of nitrogens with one attached hydrogen (secondary N) is 2. The summed E-state index contributed by atoms with van der Waals surface area (Å²) in [5.41, 5.74) is 0.255. The van der Waals surface area contributed by atoms with Gasteiger partial charge in [0.15, 0.2) is 11.6 Å². The summed E-state index contributed by atoms with van der Waals surface area (Å²) in [4.78, 5) is 25.1. The van der Waals surface area contributed by atoms with E-state index in [1.165, 1.54) is 19.9 Å². The minimum Gasteiger partial charge on any atom is -0.325 e. The zero-order valence-electron chi connectivity index (χ0n) is 15.2. The third kappa shape index (κ3) is 4.25. The predicted octanol–water partition coefficient (Wildman–Crippen LogP) is 4.69. The number of hydrogen-bond donors (Lipinski definition) is 2. The fraction of sp³-hybridized carbons (Fsp3) is 0.300. The maximum absolute atomic E-state index is 13.3. The Morgan fingerprint density at radius 2 is 1.54 bits per heavy atom. The van der Waals surface area contributed by atoms with Crippen LogP contribution in [0.4, 0.5) is 20.2 Å². The molecule has 26 heavy (non-hydrogen) atoms. The zero-order chi connectivity index (χ0) is 19.5. The molecule has 2 rings (SSSR count). The number of hydrogen-bond acceptors (Lipinski definition) is 2. The lowest BCUT2D eigenvalue weighted by Gasteiger charge is -2.24. The summed E-state index contributed by atoms with van der Waals surface area (Å²) in [7, 11) is 0. The molecule has 0 spiro atoms. The Bertz CT molecular complexity index is 832. The van der Waals surface area contributed by atoms with E-state index in [0.29, 0.717) is 5.69 Å². The van der Waals surface area contributed by atoms with Crippen molar-refractivity contribution in [1.82, 2.24) is 0 Å². The second kappa shape index (κ2) is 7.64. The monoisotopic (exact) mass is 360 g/mol. The largest absolute Gasteiger partial charge is 0.325 e. The van der Waals surface area contributed by atoms with Gasteiger partial charge in [0, 0.05) is 17.4 Å². The molecule has 0 fully saturated rings. The van der Waals surface area contributed by atoms with Crippen molar-refractivity contribution in [3.63, 3.8) is 0 Å². The van der Waals surface area contributed by atoms with Crippen LogP contribution < -0.4 is 10.6 Å². The van der Waals surface area contributed by atoms with E-state index in [0.717, 1.165) is 17.7 Å². The van der Waals surface area contributed by atoms with E-state index >= 15 is 0 Å². The highest BCUT2D eigenvalue weighted by atomic mass is 19.2. The second-order valence-corrected chi connectivity index (χ2v) is 6.90. The van der Waals surface area contributed by atoms with Crippen molar-refractivity contribution < 1.29 is 18.4 Å². The quantitative estimate of drug-likeness (QED) is 0.760. The molecule has 2 N–H and O–H groups in total. The van der Waals surface area contributed by atoms with Gasteiger partial charge in [0.05, 0.1) is 0 Å². The molecule has 0 saturated carbocycles. The van der Waals surface area contributed by atoms with Gasteiger partial charge in [-0.05, 0) is 43.5 Å². The molecule has 0 unspecified atom stereocenters. The van der Waals surface area contributed by atoms with E-state index in [1.807, 2.05) is 26.0 Å². The highest BCUT2D eigenvalue weighted by molar-refractivity contribution is 6.14. The Labute approximate surface area is 151 Å². The van der Waals surface area contributed by atoms with Crippen LogP contribution in [0.15, 0.2) is 42.5 Å². The number of amides is 2. The lowest BCUT2D eigenvalue weighted by molar-refractivity contribution is -0.135. The molecular formula is C20H22F2N2O2. The van der Waals surface area contributed by atoms with Crippen LogP contribution in [0.25, 0.3) is 0 Å². The molecule has 0 aliphatic carbocycles. The van der Waals surface area contributed by atoms with Crippen LogP contribution in [0, 0.1) is 17.0 Å². The Morgan fingerprint density at radius 3 is 2.15 bits per heavy atom. The van der Waals surface area contributed by atoms with E-state index in [4.69, 9.17) is 0 Å². The molecule has 2 aromatic rings. The van der Waals surface area contributed by atoms with E-state index in [2.05, 4.69) is 10.6 Å². The molecule has 138 valence electrons. The summed E-state index contributed by atoms with van der Waals surface area (Å²) in [6, 6.07) is 10.4. The first-order valence-electron chi connectivity index (χ1n) is 8.29. The van der Waals surface area contributed by atoms with Crippen molar-refractivity contribution in [1.29, 1.82) is 0 Å². The topological polar surface area (TPSA) is 58.2 Å². The van der Waals surface area contributed by atoms with Gasteiger partial charge in [0.25, 0.3) is 0 Å². The maximum Gasteiger partial charge on any atom is 0.239 e. The third-order valence-electron chi connectivity index (χ3n) is 4.14. The highest BCUT2D eigenvalue weighted by Gasteiger charge is 2.36. The van der Waals surface area contributed by atoms with Crippen LogP contribution in [0.3, 0.4) is 0 Å². The number of carbonyl (C=O) groups excluding carboxylic acids is 2. The number of halogens is 2. The minimum absolute atomic E-state index is 0.0809. The van der Waals surface area contributed by atoms with Crippen molar-refractivity contribution in [2.45, 2.75) is 33.6 Å². The second-order valence-electron chi connectivity index (χ2n) is 6.90. The molecule has 4 nitrogen and oxygen atoms in total. The standard InChI is InChI=1S/C20H22F2N2O2/c1-12(2)14-7-5-6-8-17(14)24-19(26)20(3,4)18(25)23-13-9-10-15(21)16(22)11-13/h5-12H,1-4H3,(H,23,25)(H,24,26). The van der Waals surface area contributed by atoms with Crippen molar-refractivity contribution in [2.75, 3.05) is 10.6 Å². The first-order chi connectivity index (χ1) is 12.1. The van der Waals surface area contributed by atoms with E-state index in [-0.39, 0.29) is 11.6 Å². The van der Waals surface area contributed by atoms with Crippen LogP contribution in [-0.2, 0) is 9.59 Å². The van der Waals surface area contributed by atoms with Crippen LogP contribution in [-0.4, -0.2) is 11.8 Å². The first kappa shape index (κ1) is 19.6. The lowest BCUT2D eigenvalue weighted by atomic mass is 9.90. The highest BCUT2D eigenvalue weighted by Crippen LogP contribution is 2.27. The fourth-order valence-electron chi connectivity index (χ4n) is 2.36. The van der Waals surface area contributed by atoms with Gasteiger partial charge in [-0.15, -0.1) is 0 Å². The van der Waals surface area contributed by atoms with Gasteiger partial charge in [0.1, 0.15) is 5.41 Å². The summed E-state index contributed by atoms with van der Waals surface area (Å²) >= 11 is 0.